The summed E-state index contributed by atoms with van der Waals surface area (Å²) in [5.74, 6) is 1.10. The normalized spacial score (nSPS) is 19.8. The first-order valence-electron chi connectivity index (χ1n) is 6.74. The molecule has 3 heteroatoms. The number of anilines is 1. The molecule has 100 valence electrons. The van der Waals surface area contributed by atoms with E-state index in [2.05, 4.69) is 59.7 Å². The molecule has 0 bridgehead atoms. The van der Waals surface area contributed by atoms with E-state index in [-0.39, 0.29) is 0 Å². The van der Waals surface area contributed by atoms with Crippen molar-refractivity contribution in [1.29, 1.82) is 0 Å². The molecule has 1 aliphatic rings. The summed E-state index contributed by atoms with van der Waals surface area (Å²) in [7, 11) is 2.18. The zero-order chi connectivity index (χ0) is 13.3. The monoisotopic (exact) mass is 310 g/mol. The van der Waals surface area contributed by atoms with Crippen molar-refractivity contribution in [3.8, 4) is 0 Å². The average molecular weight is 311 g/mol. The van der Waals surface area contributed by atoms with E-state index < -0.39 is 0 Å². The maximum Gasteiger partial charge on any atom is 0.128 e. The summed E-state index contributed by atoms with van der Waals surface area (Å²) in [4.78, 5) is 6.89. The summed E-state index contributed by atoms with van der Waals surface area (Å²) < 4.78 is 1.09. The van der Waals surface area contributed by atoms with E-state index in [0.717, 1.165) is 10.3 Å². The third-order valence-electron chi connectivity index (χ3n) is 4.25. The molecule has 1 aromatic rings. The Hall–Kier alpha value is -0.570. The van der Waals surface area contributed by atoms with Gasteiger partial charge in [0.15, 0.2) is 0 Å². The molecule has 1 saturated carbocycles. The lowest BCUT2D eigenvalue weighted by atomic mass is 9.75. The summed E-state index contributed by atoms with van der Waals surface area (Å²) in [6.07, 6.45) is 7.10. The van der Waals surface area contributed by atoms with Crippen molar-refractivity contribution in [2.24, 2.45) is 5.41 Å². The second-order valence-corrected chi connectivity index (χ2v) is 7.15. The molecular weight excluding hydrogens is 288 g/mol. The van der Waals surface area contributed by atoms with Gasteiger partial charge < -0.3 is 4.90 Å². The molecule has 1 fully saturated rings. The van der Waals surface area contributed by atoms with Crippen molar-refractivity contribution < 1.29 is 0 Å². The van der Waals surface area contributed by atoms with Gasteiger partial charge in [-0.25, -0.2) is 4.98 Å². The molecule has 2 nitrogen and oxygen atoms in total. The molecule has 1 aromatic heterocycles. The quantitative estimate of drug-likeness (QED) is 0.796. The highest BCUT2D eigenvalue weighted by Gasteiger charge is 2.29. The van der Waals surface area contributed by atoms with Crippen molar-refractivity contribution in [1.82, 2.24) is 4.98 Å². The molecule has 0 N–H and O–H groups in total. The molecule has 0 atom stereocenters. The number of hydrogen-bond donors (Lipinski definition) is 0. The van der Waals surface area contributed by atoms with Gasteiger partial charge in [-0.3, -0.25) is 0 Å². The molecule has 0 unspecified atom stereocenters. The predicted molar refractivity (Wildman–Crippen MR) is 81.1 cm³/mol. The number of aryl methyl sites for hydroxylation is 1. The summed E-state index contributed by atoms with van der Waals surface area (Å²) in [5.41, 5.74) is 1.78. The average Bonchev–Trinajstić information content (AvgIpc) is 2.32. The van der Waals surface area contributed by atoms with Crippen LogP contribution in [0.1, 0.15) is 45.1 Å². The summed E-state index contributed by atoms with van der Waals surface area (Å²) in [5, 5.41) is 0. The maximum absolute atomic E-state index is 4.53. The molecule has 0 radical (unpaired) electrons. The van der Waals surface area contributed by atoms with Crippen LogP contribution in [0.3, 0.4) is 0 Å². The number of pyridine rings is 1. The van der Waals surface area contributed by atoms with Gasteiger partial charge in [0.2, 0.25) is 0 Å². The van der Waals surface area contributed by atoms with Crippen LogP contribution in [0.5, 0.6) is 0 Å². The van der Waals surface area contributed by atoms with Gasteiger partial charge in [0, 0.05) is 23.8 Å². The predicted octanol–water partition coefficient (Wildman–Crippen LogP) is 4.56. The molecule has 0 saturated heterocycles. The Labute approximate surface area is 119 Å². The minimum absolute atomic E-state index is 0.528. The Morgan fingerprint density at radius 1 is 1.33 bits per heavy atom. The molecule has 0 aliphatic heterocycles. The highest BCUT2D eigenvalue weighted by atomic mass is 79.9. The highest BCUT2D eigenvalue weighted by molar-refractivity contribution is 9.10. The Balaban J connectivity index is 2.07. The molecular formula is C15H23BrN2. The molecule has 0 aromatic carbocycles. The van der Waals surface area contributed by atoms with Crippen LogP contribution < -0.4 is 4.90 Å². The number of rotatable bonds is 2. The molecule has 2 rings (SSSR count). The second-order valence-electron chi connectivity index (χ2n) is 6.30. The van der Waals surface area contributed by atoms with Crippen LogP contribution in [0, 0.1) is 12.3 Å². The first-order valence-corrected chi connectivity index (χ1v) is 7.53. The van der Waals surface area contributed by atoms with E-state index in [1.54, 1.807) is 0 Å². The highest BCUT2D eigenvalue weighted by Crippen LogP contribution is 2.37. The number of halogens is 1. The van der Waals surface area contributed by atoms with Crippen LogP contribution in [0.4, 0.5) is 5.82 Å². The topological polar surface area (TPSA) is 16.1 Å². The number of aromatic nitrogens is 1. The second kappa shape index (κ2) is 5.20. The fourth-order valence-electron chi connectivity index (χ4n) is 2.68. The van der Waals surface area contributed by atoms with Crippen LogP contribution in [0.2, 0.25) is 0 Å². The van der Waals surface area contributed by atoms with Crippen molar-refractivity contribution in [3.05, 3.63) is 22.3 Å². The molecule has 0 spiro atoms. The lowest BCUT2D eigenvalue weighted by molar-refractivity contribution is 0.222. The third-order valence-corrected chi connectivity index (χ3v) is 5.08. The molecule has 0 amide bonds. The van der Waals surface area contributed by atoms with E-state index in [4.69, 9.17) is 0 Å². The van der Waals surface area contributed by atoms with E-state index >= 15 is 0 Å². The number of nitrogens with zero attached hydrogens (tertiary/aromatic N) is 2. The Kier molecular flexibility index (Phi) is 4.00. The number of hydrogen-bond acceptors (Lipinski definition) is 2. The standard InChI is InChI=1S/C15H23BrN2/c1-11-9-14(17-10-13(11)16)18(4)12-5-7-15(2,3)8-6-12/h9-10,12H,5-8H2,1-4H3. The van der Waals surface area contributed by atoms with E-state index in [0.29, 0.717) is 11.5 Å². The van der Waals surface area contributed by atoms with Crippen molar-refractivity contribution >= 4 is 21.7 Å². The zero-order valence-corrected chi connectivity index (χ0v) is 13.4. The Morgan fingerprint density at radius 2 is 1.94 bits per heavy atom. The van der Waals surface area contributed by atoms with Gasteiger partial charge in [-0.15, -0.1) is 0 Å². The van der Waals surface area contributed by atoms with Crippen LogP contribution in [-0.2, 0) is 0 Å². The van der Waals surface area contributed by atoms with Crippen LogP contribution in [-0.4, -0.2) is 18.1 Å². The van der Waals surface area contributed by atoms with Crippen molar-refractivity contribution in [2.45, 2.75) is 52.5 Å². The third kappa shape index (κ3) is 3.05. The smallest absolute Gasteiger partial charge is 0.128 e. The lowest BCUT2D eigenvalue weighted by Crippen LogP contribution is -2.37. The minimum atomic E-state index is 0.528. The van der Waals surface area contributed by atoms with Crippen LogP contribution in [0.15, 0.2) is 16.7 Å². The van der Waals surface area contributed by atoms with Gasteiger partial charge in [-0.2, -0.15) is 0 Å². The minimum Gasteiger partial charge on any atom is -0.357 e. The van der Waals surface area contributed by atoms with Crippen molar-refractivity contribution in [3.63, 3.8) is 0 Å². The van der Waals surface area contributed by atoms with Gasteiger partial charge in [0.1, 0.15) is 5.82 Å². The largest absolute Gasteiger partial charge is 0.357 e. The van der Waals surface area contributed by atoms with E-state index in [9.17, 15) is 0 Å². The van der Waals surface area contributed by atoms with Gasteiger partial charge in [0.25, 0.3) is 0 Å². The SMILES string of the molecule is Cc1cc(N(C)C2CCC(C)(C)CC2)ncc1Br. The fourth-order valence-corrected chi connectivity index (χ4v) is 2.89. The van der Waals surface area contributed by atoms with Crippen molar-refractivity contribution in [2.75, 3.05) is 11.9 Å². The lowest BCUT2D eigenvalue weighted by Gasteiger charge is -2.39. The zero-order valence-electron chi connectivity index (χ0n) is 11.8. The first-order chi connectivity index (χ1) is 8.39. The van der Waals surface area contributed by atoms with Crippen LogP contribution >= 0.6 is 15.9 Å². The van der Waals surface area contributed by atoms with Gasteiger partial charge in [-0.1, -0.05) is 13.8 Å². The summed E-state index contributed by atoms with van der Waals surface area (Å²) in [6, 6.07) is 2.82. The molecule has 1 heterocycles. The van der Waals surface area contributed by atoms with E-state index in [1.807, 2.05) is 6.20 Å². The first kappa shape index (κ1) is 13.9. The van der Waals surface area contributed by atoms with Gasteiger partial charge in [0.05, 0.1) is 0 Å². The van der Waals surface area contributed by atoms with Crippen LogP contribution in [0.25, 0.3) is 0 Å². The molecule has 1 aliphatic carbocycles. The molecule has 18 heavy (non-hydrogen) atoms. The fraction of sp³-hybridized carbons (Fsp3) is 0.667. The summed E-state index contributed by atoms with van der Waals surface area (Å²) >= 11 is 3.51. The maximum atomic E-state index is 4.53. The van der Waals surface area contributed by atoms with Gasteiger partial charge >= 0.3 is 0 Å². The van der Waals surface area contributed by atoms with Gasteiger partial charge in [-0.05, 0) is 65.6 Å². The van der Waals surface area contributed by atoms with E-state index in [1.165, 1.54) is 31.2 Å². The Morgan fingerprint density at radius 3 is 2.50 bits per heavy atom. The Bertz CT molecular complexity index is 419. The summed E-state index contributed by atoms with van der Waals surface area (Å²) in [6.45, 7) is 6.88.